The Morgan fingerprint density at radius 2 is 2.00 bits per heavy atom. The van der Waals surface area contributed by atoms with Gasteiger partial charge in [-0.05, 0) is 25.0 Å². The second-order valence-electron chi connectivity index (χ2n) is 3.54. The molecule has 1 aromatic carbocycles. The van der Waals surface area contributed by atoms with Gasteiger partial charge < -0.3 is 5.11 Å². The number of benzene rings is 1. The second-order valence-corrected chi connectivity index (χ2v) is 4.81. The zero-order valence-electron chi connectivity index (χ0n) is 8.77. The maximum absolute atomic E-state index is 10.2. The SMILES string of the molecule is Cc1ncc(C(O)c2ccccc2C)s1. The molecule has 2 aromatic rings. The van der Waals surface area contributed by atoms with Crippen molar-refractivity contribution >= 4 is 11.3 Å². The zero-order chi connectivity index (χ0) is 10.8. The normalized spacial score (nSPS) is 12.7. The van der Waals surface area contributed by atoms with Crippen molar-refractivity contribution in [3.8, 4) is 0 Å². The van der Waals surface area contributed by atoms with Crippen molar-refractivity contribution in [1.82, 2.24) is 4.98 Å². The molecular weight excluding hydrogens is 206 g/mol. The van der Waals surface area contributed by atoms with Gasteiger partial charge in [0.15, 0.2) is 0 Å². The van der Waals surface area contributed by atoms with E-state index in [2.05, 4.69) is 4.98 Å². The van der Waals surface area contributed by atoms with Crippen LogP contribution in [-0.4, -0.2) is 10.1 Å². The molecule has 1 aromatic heterocycles. The van der Waals surface area contributed by atoms with Crippen LogP contribution in [0.15, 0.2) is 30.5 Å². The summed E-state index contributed by atoms with van der Waals surface area (Å²) < 4.78 is 0. The zero-order valence-corrected chi connectivity index (χ0v) is 9.58. The van der Waals surface area contributed by atoms with Crippen molar-refractivity contribution in [3.05, 3.63) is 51.5 Å². The third-order valence-electron chi connectivity index (χ3n) is 2.39. The lowest BCUT2D eigenvalue weighted by atomic mass is 10.0. The highest BCUT2D eigenvalue weighted by atomic mass is 32.1. The van der Waals surface area contributed by atoms with E-state index < -0.39 is 6.10 Å². The molecule has 1 N–H and O–H groups in total. The molecule has 1 unspecified atom stereocenters. The number of aliphatic hydroxyl groups is 1. The van der Waals surface area contributed by atoms with Crippen LogP contribution in [0.25, 0.3) is 0 Å². The number of rotatable bonds is 2. The molecule has 2 rings (SSSR count). The van der Waals surface area contributed by atoms with Crippen LogP contribution in [0.5, 0.6) is 0 Å². The van der Waals surface area contributed by atoms with Gasteiger partial charge in [-0.1, -0.05) is 24.3 Å². The molecule has 0 radical (unpaired) electrons. The van der Waals surface area contributed by atoms with E-state index in [0.717, 1.165) is 21.0 Å². The highest BCUT2D eigenvalue weighted by molar-refractivity contribution is 7.11. The molecule has 3 heteroatoms. The first-order chi connectivity index (χ1) is 7.18. The summed E-state index contributed by atoms with van der Waals surface area (Å²) in [6.07, 6.45) is 1.20. The highest BCUT2D eigenvalue weighted by Gasteiger charge is 2.14. The maximum Gasteiger partial charge on any atom is 0.115 e. The van der Waals surface area contributed by atoms with Gasteiger partial charge in [0, 0.05) is 6.20 Å². The molecule has 0 amide bonds. The predicted octanol–water partition coefficient (Wildman–Crippen LogP) is 2.84. The first-order valence-electron chi connectivity index (χ1n) is 4.84. The fraction of sp³-hybridized carbons (Fsp3) is 0.250. The Kier molecular flexibility index (Phi) is 2.84. The smallest absolute Gasteiger partial charge is 0.115 e. The number of hydrogen-bond acceptors (Lipinski definition) is 3. The van der Waals surface area contributed by atoms with Gasteiger partial charge in [0.25, 0.3) is 0 Å². The average molecular weight is 219 g/mol. The summed E-state index contributed by atoms with van der Waals surface area (Å²) in [4.78, 5) is 5.06. The van der Waals surface area contributed by atoms with Crippen LogP contribution in [0, 0.1) is 13.8 Å². The Balaban J connectivity index is 2.36. The van der Waals surface area contributed by atoms with Gasteiger partial charge in [-0.3, -0.25) is 0 Å². The van der Waals surface area contributed by atoms with Crippen molar-refractivity contribution in [2.45, 2.75) is 20.0 Å². The minimum Gasteiger partial charge on any atom is -0.383 e. The summed E-state index contributed by atoms with van der Waals surface area (Å²) in [6, 6.07) is 7.88. The lowest BCUT2D eigenvalue weighted by Gasteiger charge is -2.10. The molecule has 0 saturated carbocycles. The molecule has 1 atom stereocenters. The highest BCUT2D eigenvalue weighted by Crippen LogP contribution is 2.28. The number of hydrogen-bond donors (Lipinski definition) is 1. The van der Waals surface area contributed by atoms with Crippen molar-refractivity contribution in [2.75, 3.05) is 0 Å². The lowest BCUT2D eigenvalue weighted by molar-refractivity contribution is 0.223. The fourth-order valence-electron chi connectivity index (χ4n) is 1.55. The standard InChI is InChI=1S/C12H13NOS/c1-8-5-3-4-6-10(8)12(14)11-7-13-9(2)15-11/h3-7,12,14H,1-2H3. The number of thiazole rings is 1. The van der Waals surface area contributed by atoms with E-state index in [9.17, 15) is 5.11 Å². The Labute approximate surface area is 93.2 Å². The molecule has 0 aliphatic heterocycles. The molecule has 0 saturated heterocycles. The van der Waals surface area contributed by atoms with Crippen molar-refractivity contribution in [3.63, 3.8) is 0 Å². The van der Waals surface area contributed by atoms with E-state index in [1.807, 2.05) is 38.1 Å². The van der Waals surface area contributed by atoms with Gasteiger partial charge in [-0.25, -0.2) is 4.98 Å². The Bertz CT molecular complexity index is 464. The Hall–Kier alpha value is -1.19. The van der Waals surface area contributed by atoms with Gasteiger partial charge in [-0.15, -0.1) is 11.3 Å². The van der Waals surface area contributed by atoms with Crippen molar-refractivity contribution in [1.29, 1.82) is 0 Å². The van der Waals surface area contributed by atoms with Crippen LogP contribution in [0.3, 0.4) is 0 Å². The van der Waals surface area contributed by atoms with E-state index in [-0.39, 0.29) is 0 Å². The number of nitrogens with zero attached hydrogens (tertiary/aromatic N) is 1. The van der Waals surface area contributed by atoms with Gasteiger partial charge >= 0.3 is 0 Å². The maximum atomic E-state index is 10.2. The average Bonchev–Trinajstić information content (AvgIpc) is 2.65. The van der Waals surface area contributed by atoms with Gasteiger partial charge in [0.1, 0.15) is 6.10 Å². The first kappa shape index (κ1) is 10.3. The molecule has 2 nitrogen and oxygen atoms in total. The van der Waals surface area contributed by atoms with E-state index in [0.29, 0.717) is 0 Å². The summed E-state index contributed by atoms with van der Waals surface area (Å²) in [5.74, 6) is 0. The fourth-order valence-corrected chi connectivity index (χ4v) is 2.34. The van der Waals surface area contributed by atoms with Crippen LogP contribution in [0.2, 0.25) is 0 Å². The molecular formula is C12H13NOS. The molecule has 0 bridgehead atoms. The van der Waals surface area contributed by atoms with E-state index in [1.165, 1.54) is 11.3 Å². The van der Waals surface area contributed by atoms with Crippen molar-refractivity contribution < 1.29 is 5.11 Å². The third kappa shape index (κ3) is 2.08. The van der Waals surface area contributed by atoms with Crippen LogP contribution < -0.4 is 0 Å². The van der Waals surface area contributed by atoms with Crippen LogP contribution in [-0.2, 0) is 0 Å². The number of aromatic nitrogens is 1. The Morgan fingerprint density at radius 3 is 2.60 bits per heavy atom. The predicted molar refractivity (Wildman–Crippen MR) is 62.1 cm³/mol. The molecule has 15 heavy (non-hydrogen) atoms. The van der Waals surface area contributed by atoms with E-state index in [1.54, 1.807) is 6.20 Å². The molecule has 0 fully saturated rings. The summed E-state index contributed by atoms with van der Waals surface area (Å²) in [7, 11) is 0. The van der Waals surface area contributed by atoms with Crippen molar-refractivity contribution in [2.24, 2.45) is 0 Å². The molecule has 0 aliphatic carbocycles. The van der Waals surface area contributed by atoms with E-state index >= 15 is 0 Å². The first-order valence-corrected chi connectivity index (χ1v) is 5.66. The minimum atomic E-state index is -0.544. The van der Waals surface area contributed by atoms with E-state index in [4.69, 9.17) is 0 Å². The largest absolute Gasteiger partial charge is 0.383 e. The van der Waals surface area contributed by atoms with Gasteiger partial charge in [0.2, 0.25) is 0 Å². The molecule has 0 aliphatic rings. The summed E-state index contributed by atoms with van der Waals surface area (Å²) in [6.45, 7) is 3.95. The number of aliphatic hydroxyl groups excluding tert-OH is 1. The molecule has 1 heterocycles. The van der Waals surface area contributed by atoms with Gasteiger partial charge in [-0.2, -0.15) is 0 Å². The van der Waals surface area contributed by atoms with Crippen LogP contribution in [0.1, 0.15) is 27.1 Å². The summed E-state index contributed by atoms with van der Waals surface area (Å²) in [5, 5.41) is 11.1. The Morgan fingerprint density at radius 1 is 1.27 bits per heavy atom. The topological polar surface area (TPSA) is 33.1 Å². The van der Waals surface area contributed by atoms with Crippen LogP contribution in [0.4, 0.5) is 0 Å². The summed E-state index contributed by atoms with van der Waals surface area (Å²) >= 11 is 1.54. The minimum absolute atomic E-state index is 0.544. The second kappa shape index (κ2) is 4.13. The monoisotopic (exact) mass is 219 g/mol. The molecule has 78 valence electrons. The van der Waals surface area contributed by atoms with Gasteiger partial charge in [0.05, 0.1) is 9.88 Å². The molecule has 0 spiro atoms. The summed E-state index contributed by atoms with van der Waals surface area (Å²) in [5.41, 5.74) is 2.07. The third-order valence-corrected chi connectivity index (χ3v) is 3.36. The van der Waals surface area contributed by atoms with Crippen LogP contribution >= 0.6 is 11.3 Å². The quantitative estimate of drug-likeness (QED) is 0.842. The number of aryl methyl sites for hydroxylation is 2. The lowest BCUT2D eigenvalue weighted by Crippen LogP contribution is -1.99.